The van der Waals surface area contributed by atoms with E-state index >= 15 is 0 Å². The number of rotatable bonds is 5. The molecule has 0 unspecified atom stereocenters. The van der Waals surface area contributed by atoms with E-state index in [4.69, 9.17) is 14.2 Å². The number of amides is 1. The maximum atomic E-state index is 13.1. The normalized spacial score (nSPS) is 14.6. The number of hydrogen-bond donors (Lipinski definition) is 0. The molecule has 3 aromatic rings. The maximum Gasteiger partial charge on any atom is 0.254 e. The van der Waals surface area contributed by atoms with Crippen LogP contribution in [0.25, 0.3) is 0 Å². The topological polar surface area (TPSA) is 65.8 Å². The van der Waals surface area contributed by atoms with Crippen LogP contribution in [0, 0.1) is 6.92 Å². The summed E-state index contributed by atoms with van der Waals surface area (Å²) in [6.07, 6.45) is 0.771. The van der Waals surface area contributed by atoms with Gasteiger partial charge in [-0.2, -0.15) is 5.10 Å². The lowest BCUT2D eigenvalue weighted by Crippen LogP contribution is -2.36. The molecule has 7 nitrogen and oxygen atoms in total. The number of hydrogen-bond acceptors (Lipinski definition) is 5. The molecular formula is C24H25N3O4. The number of nitrogens with zero attached hydrogens (tertiary/aromatic N) is 3. The maximum absolute atomic E-state index is 13.1. The van der Waals surface area contributed by atoms with Crippen molar-refractivity contribution >= 4 is 5.91 Å². The Morgan fingerprint density at radius 1 is 1.13 bits per heavy atom. The molecule has 2 aliphatic rings. The minimum Gasteiger partial charge on any atom is -0.454 e. The fourth-order valence-corrected chi connectivity index (χ4v) is 4.20. The first-order chi connectivity index (χ1) is 15.1. The van der Waals surface area contributed by atoms with Gasteiger partial charge < -0.3 is 19.1 Å². The highest BCUT2D eigenvalue weighted by Gasteiger charge is 2.28. The third-order valence-electron chi connectivity index (χ3n) is 5.99. The van der Waals surface area contributed by atoms with E-state index in [9.17, 15) is 4.79 Å². The SMILES string of the molecule is Cc1ccccc1COCc1nn(C)c2c1CN(C(=O)c1ccc3c(c1)OCO3)CC2. The van der Waals surface area contributed by atoms with Crippen molar-refractivity contribution in [2.45, 2.75) is 33.1 Å². The molecule has 7 heteroatoms. The zero-order valence-electron chi connectivity index (χ0n) is 17.8. The summed E-state index contributed by atoms with van der Waals surface area (Å²) in [5.41, 5.74) is 6.15. The lowest BCUT2D eigenvalue weighted by atomic mass is 10.0. The average Bonchev–Trinajstić information content (AvgIpc) is 3.38. The highest BCUT2D eigenvalue weighted by Crippen LogP contribution is 2.33. The quantitative estimate of drug-likeness (QED) is 0.634. The molecule has 0 aliphatic carbocycles. The average molecular weight is 419 g/mol. The van der Waals surface area contributed by atoms with Crippen LogP contribution in [-0.2, 0) is 38.0 Å². The van der Waals surface area contributed by atoms with Gasteiger partial charge in [-0.05, 0) is 36.2 Å². The summed E-state index contributed by atoms with van der Waals surface area (Å²) < 4.78 is 18.7. The van der Waals surface area contributed by atoms with Gasteiger partial charge in [0.2, 0.25) is 6.79 Å². The van der Waals surface area contributed by atoms with Gasteiger partial charge in [0.05, 0.1) is 18.9 Å². The Labute approximate surface area is 181 Å². The van der Waals surface area contributed by atoms with Crippen molar-refractivity contribution < 1.29 is 19.0 Å². The molecule has 0 saturated carbocycles. The van der Waals surface area contributed by atoms with Crippen LogP contribution in [0.4, 0.5) is 0 Å². The fourth-order valence-electron chi connectivity index (χ4n) is 4.20. The number of fused-ring (bicyclic) bond motifs is 2. The summed E-state index contributed by atoms with van der Waals surface area (Å²) in [5, 5.41) is 4.68. The van der Waals surface area contributed by atoms with Gasteiger partial charge in [0.1, 0.15) is 0 Å². The van der Waals surface area contributed by atoms with Crippen LogP contribution in [0.5, 0.6) is 11.5 Å². The van der Waals surface area contributed by atoms with Crippen molar-refractivity contribution in [1.82, 2.24) is 14.7 Å². The van der Waals surface area contributed by atoms with Crippen LogP contribution in [0.3, 0.4) is 0 Å². The second kappa shape index (κ2) is 8.07. The number of aromatic nitrogens is 2. The molecular weight excluding hydrogens is 394 g/mol. The van der Waals surface area contributed by atoms with Crippen molar-refractivity contribution in [2.75, 3.05) is 13.3 Å². The Morgan fingerprint density at radius 2 is 1.97 bits per heavy atom. The van der Waals surface area contributed by atoms with Gasteiger partial charge in [0.25, 0.3) is 5.91 Å². The predicted octanol–water partition coefficient (Wildman–Crippen LogP) is 3.37. The summed E-state index contributed by atoms with van der Waals surface area (Å²) in [4.78, 5) is 15.0. The van der Waals surface area contributed by atoms with E-state index in [1.807, 2.05) is 28.8 Å². The van der Waals surface area contributed by atoms with E-state index in [2.05, 4.69) is 24.2 Å². The number of carbonyl (C=O) groups excluding carboxylic acids is 1. The van der Waals surface area contributed by atoms with Gasteiger partial charge in [-0.3, -0.25) is 9.48 Å². The highest BCUT2D eigenvalue weighted by atomic mass is 16.7. The van der Waals surface area contributed by atoms with Crippen LogP contribution in [0.15, 0.2) is 42.5 Å². The third kappa shape index (κ3) is 3.77. The van der Waals surface area contributed by atoms with Gasteiger partial charge in [0.15, 0.2) is 11.5 Å². The van der Waals surface area contributed by atoms with Crippen LogP contribution in [0.1, 0.15) is 38.4 Å². The lowest BCUT2D eigenvalue weighted by Gasteiger charge is -2.28. The molecule has 0 spiro atoms. The van der Waals surface area contributed by atoms with Gasteiger partial charge in [0, 0.05) is 43.4 Å². The molecule has 160 valence electrons. The van der Waals surface area contributed by atoms with Crippen LogP contribution < -0.4 is 9.47 Å². The molecule has 2 aliphatic heterocycles. The number of carbonyl (C=O) groups is 1. The van der Waals surface area contributed by atoms with Crippen LogP contribution in [-0.4, -0.2) is 33.9 Å². The van der Waals surface area contributed by atoms with Crippen LogP contribution >= 0.6 is 0 Å². The number of aryl methyl sites for hydroxylation is 2. The fraction of sp³-hybridized carbons (Fsp3) is 0.333. The van der Waals surface area contributed by atoms with E-state index in [0.29, 0.717) is 43.4 Å². The summed E-state index contributed by atoms with van der Waals surface area (Å²) in [7, 11) is 1.96. The molecule has 2 aromatic carbocycles. The van der Waals surface area contributed by atoms with Crippen molar-refractivity contribution in [1.29, 1.82) is 0 Å². The first kappa shape index (κ1) is 19.6. The first-order valence-electron chi connectivity index (χ1n) is 10.4. The zero-order valence-corrected chi connectivity index (χ0v) is 17.8. The van der Waals surface area contributed by atoms with Crippen molar-refractivity contribution in [3.05, 3.63) is 76.1 Å². The molecule has 0 atom stereocenters. The number of ether oxygens (including phenoxy) is 3. The van der Waals surface area contributed by atoms with Gasteiger partial charge in [-0.15, -0.1) is 0 Å². The molecule has 31 heavy (non-hydrogen) atoms. The molecule has 0 saturated heterocycles. The largest absolute Gasteiger partial charge is 0.454 e. The van der Waals surface area contributed by atoms with E-state index in [1.54, 1.807) is 18.2 Å². The van der Waals surface area contributed by atoms with Crippen LogP contribution in [0.2, 0.25) is 0 Å². The minimum absolute atomic E-state index is 0.0143. The Bertz CT molecular complexity index is 1140. The van der Waals surface area contributed by atoms with Crippen molar-refractivity contribution in [3.8, 4) is 11.5 Å². The Morgan fingerprint density at radius 3 is 2.84 bits per heavy atom. The first-order valence-corrected chi connectivity index (χ1v) is 10.4. The van der Waals surface area contributed by atoms with E-state index in [-0.39, 0.29) is 12.7 Å². The molecule has 0 bridgehead atoms. The van der Waals surface area contributed by atoms with Gasteiger partial charge in [-0.1, -0.05) is 24.3 Å². The lowest BCUT2D eigenvalue weighted by molar-refractivity contribution is 0.0727. The Hall–Kier alpha value is -3.32. The smallest absolute Gasteiger partial charge is 0.254 e. The second-order valence-corrected chi connectivity index (χ2v) is 7.96. The molecule has 1 amide bonds. The van der Waals surface area contributed by atoms with E-state index in [1.165, 1.54) is 16.8 Å². The molecule has 0 fully saturated rings. The van der Waals surface area contributed by atoms with Gasteiger partial charge >= 0.3 is 0 Å². The third-order valence-corrected chi connectivity index (χ3v) is 5.99. The highest BCUT2D eigenvalue weighted by molar-refractivity contribution is 5.95. The minimum atomic E-state index is -0.0143. The van der Waals surface area contributed by atoms with Gasteiger partial charge in [-0.25, -0.2) is 0 Å². The van der Waals surface area contributed by atoms with Crippen molar-refractivity contribution in [3.63, 3.8) is 0 Å². The monoisotopic (exact) mass is 419 g/mol. The van der Waals surface area contributed by atoms with E-state index in [0.717, 1.165) is 17.7 Å². The van der Waals surface area contributed by atoms with Crippen molar-refractivity contribution in [2.24, 2.45) is 7.05 Å². The summed E-state index contributed by atoms with van der Waals surface area (Å²) in [6.45, 7) is 4.42. The standard InChI is InChI=1S/C24H25N3O4/c1-16-5-3-4-6-18(16)13-29-14-20-19-12-27(10-9-21(19)26(2)25-20)24(28)17-7-8-22-23(11-17)31-15-30-22/h3-8,11H,9-10,12-15H2,1-2H3. The Kier molecular flexibility index (Phi) is 5.11. The molecule has 0 radical (unpaired) electrons. The molecule has 5 rings (SSSR count). The summed E-state index contributed by atoms with van der Waals surface area (Å²) in [6, 6.07) is 13.6. The summed E-state index contributed by atoms with van der Waals surface area (Å²) in [5.74, 6) is 1.28. The second-order valence-electron chi connectivity index (χ2n) is 7.96. The Balaban J connectivity index is 1.30. The molecule has 3 heterocycles. The summed E-state index contributed by atoms with van der Waals surface area (Å²) >= 11 is 0. The zero-order chi connectivity index (χ0) is 21.4. The molecule has 1 aromatic heterocycles. The number of benzene rings is 2. The predicted molar refractivity (Wildman–Crippen MR) is 114 cm³/mol. The molecule has 0 N–H and O–H groups in total. The van der Waals surface area contributed by atoms with E-state index < -0.39 is 0 Å².